The van der Waals surface area contributed by atoms with Crippen LogP contribution in [0.2, 0.25) is 0 Å². The summed E-state index contributed by atoms with van der Waals surface area (Å²) in [6.07, 6.45) is 4.47. The van der Waals surface area contributed by atoms with Crippen molar-refractivity contribution in [2.45, 2.75) is 38.8 Å². The topological polar surface area (TPSA) is 66.3 Å². The first-order chi connectivity index (χ1) is 10.7. The first-order valence-electron chi connectivity index (χ1n) is 7.90. The van der Waals surface area contributed by atoms with Gasteiger partial charge in [0.05, 0.1) is 0 Å². The molecule has 120 valence electrons. The highest BCUT2D eigenvalue weighted by molar-refractivity contribution is 5.79. The van der Waals surface area contributed by atoms with Gasteiger partial charge in [0.25, 0.3) is 0 Å². The van der Waals surface area contributed by atoms with Crippen molar-refractivity contribution in [3.05, 3.63) is 36.5 Å². The number of urea groups is 1. The van der Waals surface area contributed by atoms with Crippen LogP contribution >= 0.6 is 0 Å². The molecule has 5 nitrogen and oxygen atoms in total. The van der Waals surface area contributed by atoms with Gasteiger partial charge in [0, 0.05) is 37.5 Å². The average molecular weight is 303 g/mol. The van der Waals surface area contributed by atoms with Crippen LogP contribution in [0, 0.1) is 0 Å². The largest absolute Gasteiger partial charge is 0.396 e. The van der Waals surface area contributed by atoms with Crippen LogP contribution in [-0.4, -0.2) is 34.9 Å². The normalized spacial score (nSPS) is 12.3. The second kappa shape index (κ2) is 8.44. The number of aryl methyl sites for hydroxylation is 1. The Morgan fingerprint density at radius 1 is 1.27 bits per heavy atom. The van der Waals surface area contributed by atoms with E-state index in [1.165, 1.54) is 10.9 Å². The second-order valence-electron chi connectivity index (χ2n) is 5.59. The number of amides is 2. The number of rotatable bonds is 8. The molecule has 0 bridgehead atoms. The molecule has 0 aliphatic carbocycles. The zero-order valence-electron chi connectivity index (χ0n) is 13.1. The average Bonchev–Trinajstić information content (AvgIpc) is 2.93. The highest BCUT2D eigenvalue weighted by Gasteiger charge is 2.06. The van der Waals surface area contributed by atoms with E-state index in [0.29, 0.717) is 13.0 Å². The van der Waals surface area contributed by atoms with Crippen LogP contribution in [0.1, 0.15) is 26.2 Å². The van der Waals surface area contributed by atoms with Gasteiger partial charge >= 0.3 is 6.03 Å². The first kappa shape index (κ1) is 16.4. The number of aliphatic hydroxyl groups excluding tert-OH is 1. The Labute approximate surface area is 131 Å². The van der Waals surface area contributed by atoms with Crippen LogP contribution in [0.15, 0.2) is 36.5 Å². The Kier molecular flexibility index (Phi) is 6.27. The third-order valence-corrected chi connectivity index (χ3v) is 3.71. The molecule has 0 spiro atoms. The van der Waals surface area contributed by atoms with E-state index in [0.717, 1.165) is 19.4 Å². The van der Waals surface area contributed by atoms with Crippen molar-refractivity contribution in [2.75, 3.05) is 13.2 Å². The maximum Gasteiger partial charge on any atom is 0.314 e. The number of carbonyl (C=O) groups is 1. The number of aromatic nitrogens is 1. The summed E-state index contributed by atoms with van der Waals surface area (Å²) in [5.41, 5.74) is 1.23. The van der Waals surface area contributed by atoms with Crippen molar-refractivity contribution in [1.29, 1.82) is 0 Å². The number of carbonyl (C=O) groups excluding carboxylic acids is 1. The lowest BCUT2D eigenvalue weighted by molar-refractivity contribution is 0.234. The molecule has 1 aromatic heterocycles. The highest BCUT2D eigenvalue weighted by atomic mass is 16.3. The van der Waals surface area contributed by atoms with E-state index in [-0.39, 0.29) is 18.7 Å². The van der Waals surface area contributed by atoms with Crippen molar-refractivity contribution < 1.29 is 9.90 Å². The fraction of sp³-hybridized carbons (Fsp3) is 0.471. The summed E-state index contributed by atoms with van der Waals surface area (Å²) in [5, 5.41) is 15.7. The van der Waals surface area contributed by atoms with Gasteiger partial charge in [0.1, 0.15) is 0 Å². The van der Waals surface area contributed by atoms with Crippen LogP contribution in [0.3, 0.4) is 0 Å². The number of hydrogen-bond donors (Lipinski definition) is 3. The molecule has 1 aromatic carbocycles. The zero-order chi connectivity index (χ0) is 15.8. The van der Waals surface area contributed by atoms with Gasteiger partial charge < -0.3 is 20.3 Å². The molecule has 2 aromatic rings. The van der Waals surface area contributed by atoms with Crippen molar-refractivity contribution in [1.82, 2.24) is 15.2 Å². The van der Waals surface area contributed by atoms with Gasteiger partial charge in [-0.15, -0.1) is 0 Å². The van der Waals surface area contributed by atoms with E-state index in [9.17, 15) is 4.79 Å². The number of benzene rings is 1. The van der Waals surface area contributed by atoms with Gasteiger partial charge in [0.15, 0.2) is 0 Å². The minimum absolute atomic E-state index is 0.0838. The van der Waals surface area contributed by atoms with Crippen molar-refractivity contribution in [2.24, 2.45) is 0 Å². The van der Waals surface area contributed by atoms with E-state index in [1.807, 2.05) is 19.1 Å². The number of aliphatic hydroxyl groups is 1. The highest BCUT2D eigenvalue weighted by Crippen LogP contribution is 2.15. The summed E-state index contributed by atoms with van der Waals surface area (Å²) in [4.78, 5) is 11.7. The van der Waals surface area contributed by atoms with Gasteiger partial charge in [-0.05, 0) is 43.7 Å². The number of para-hydroxylation sites is 1. The van der Waals surface area contributed by atoms with E-state index in [4.69, 9.17) is 5.11 Å². The molecule has 0 aliphatic rings. The van der Waals surface area contributed by atoms with Gasteiger partial charge in [-0.25, -0.2) is 4.79 Å². The van der Waals surface area contributed by atoms with E-state index in [1.54, 1.807) is 0 Å². The molecule has 2 amide bonds. The van der Waals surface area contributed by atoms with Crippen molar-refractivity contribution >= 4 is 16.9 Å². The molecule has 1 heterocycles. The van der Waals surface area contributed by atoms with Crippen molar-refractivity contribution in [3.63, 3.8) is 0 Å². The van der Waals surface area contributed by atoms with Crippen LogP contribution in [0.25, 0.3) is 10.9 Å². The van der Waals surface area contributed by atoms with E-state index >= 15 is 0 Å². The van der Waals surface area contributed by atoms with Crippen LogP contribution in [0.5, 0.6) is 0 Å². The lowest BCUT2D eigenvalue weighted by atomic mass is 10.2. The Balaban J connectivity index is 1.67. The predicted octanol–water partition coefficient (Wildman–Crippen LogP) is 2.49. The van der Waals surface area contributed by atoms with Gasteiger partial charge in [-0.1, -0.05) is 18.2 Å². The minimum Gasteiger partial charge on any atom is -0.396 e. The zero-order valence-corrected chi connectivity index (χ0v) is 13.1. The number of nitrogens with one attached hydrogen (secondary N) is 2. The number of hydrogen-bond acceptors (Lipinski definition) is 2. The fourth-order valence-corrected chi connectivity index (χ4v) is 2.53. The lowest BCUT2D eigenvalue weighted by Gasteiger charge is -2.14. The fourth-order valence-electron chi connectivity index (χ4n) is 2.53. The molecule has 0 saturated carbocycles. The Hall–Kier alpha value is -2.01. The number of fused-ring (bicyclic) bond motifs is 1. The maximum absolute atomic E-state index is 11.7. The molecule has 0 saturated heterocycles. The molecule has 22 heavy (non-hydrogen) atoms. The summed E-state index contributed by atoms with van der Waals surface area (Å²) < 4.78 is 2.21. The van der Waals surface area contributed by atoms with Crippen molar-refractivity contribution in [3.8, 4) is 0 Å². The summed E-state index contributed by atoms with van der Waals surface area (Å²) in [6.45, 7) is 3.64. The quantitative estimate of drug-likeness (QED) is 0.656. The van der Waals surface area contributed by atoms with Crippen LogP contribution in [-0.2, 0) is 6.54 Å². The molecule has 5 heteroatoms. The summed E-state index contributed by atoms with van der Waals surface area (Å²) >= 11 is 0. The maximum atomic E-state index is 11.7. The number of nitrogens with zero attached hydrogens (tertiary/aromatic N) is 1. The molecule has 2 rings (SSSR count). The van der Waals surface area contributed by atoms with Gasteiger partial charge in [0.2, 0.25) is 0 Å². The van der Waals surface area contributed by atoms with E-state index in [2.05, 4.69) is 39.6 Å². The Bertz CT molecular complexity index is 594. The molecule has 0 fully saturated rings. The van der Waals surface area contributed by atoms with Crippen LogP contribution < -0.4 is 10.6 Å². The first-order valence-corrected chi connectivity index (χ1v) is 7.90. The van der Waals surface area contributed by atoms with Gasteiger partial charge in [-0.3, -0.25) is 0 Å². The Morgan fingerprint density at radius 3 is 2.91 bits per heavy atom. The molecular weight excluding hydrogens is 278 g/mol. The van der Waals surface area contributed by atoms with Crippen LogP contribution in [0.4, 0.5) is 4.79 Å². The predicted molar refractivity (Wildman–Crippen MR) is 88.9 cm³/mol. The minimum atomic E-state index is -0.136. The standard InChI is InChI=1S/C17H25N3O2/c1-14(6-4-13-21)19-17(22)18-10-5-11-20-12-9-15-7-2-3-8-16(15)20/h2-3,7-9,12,14,21H,4-6,10-11,13H2,1H3,(H2,18,19,22). The molecule has 3 N–H and O–H groups in total. The molecule has 1 atom stereocenters. The monoisotopic (exact) mass is 303 g/mol. The molecule has 1 unspecified atom stereocenters. The third-order valence-electron chi connectivity index (χ3n) is 3.71. The molecule has 0 aliphatic heterocycles. The molecular formula is C17H25N3O2. The summed E-state index contributed by atoms with van der Waals surface area (Å²) in [6, 6.07) is 10.3. The molecule has 0 radical (unpaired) electrons. The van der Waals surface area contributed by atoms with Gasteiger partial charge in [-0.2, -0.15) is 0 Å². The SMILES string of the molecule is CC(CCCO)NC(=O)NCCCn1ccc2ccccc21. The second-order valence-corrected chi connectivity index (χ2v) is 5.59. The van der Waals surface area contributed by atoms with E-state index < -0.39 is 0 Å². The smallest absolute Gasteiger partial charge is 0.314 e. The Morgan fingerprint density at radius 2 is 2.09 bits per heavy atom. The third kappa shape index (κ3) is 4.77. The summed E-state index contributed by atoms with van der Waals surface area (Å²) in [7, 11) is 0. The lowest BCUT2D eigenvalue weighted by Crippen LogP contribution is -2.41. The summed E-state index contributed by atoms with van der Waals surface area (Å²) in [5.74, 6) is 0.